The first kappa shape index (κ1) is 15.2. The van der Waals surface area contributed by atoms with Crippen LogP contribution in [0.2, 0.25) is 0 Å². The Kier molecular flexibility index (Phi) is 4.62. The molecule has 0 bridgehead atoms. The van der Waals surface area contributed by atoms with Crippen molar-refractivity contribution in [2.75, 3.05) is 13.1 Å². The Morgan fingerprint density at radius 1 is 1.10 bits per heavy atom. The minimum atomic E-state index is -0.696. The van der Waals surface area contributed by atoms with Crippen molar-refractivity contribution >= 4 is 29.0 Å². The molecule has 5 nitrogen and oxygen atoms in total. The van der Waals surface area contributed by atoms with Gasteiger partial charge < -0.3 is 16.4 Å². The Hall–Kier alpha value is -1.17. The molecule has 112 valence electrons. The molecule has 1 aliphatic carbocycles. The van der Waals surface area contributed by atoms with Gasteiger partial charge in [0.25, 0.3) is 0 Å². The topological polar surface area (TPSA) is 89.4 Å². The number of nitrogens with zero attached hydrogens (tertiary/aromatic N) is 1. The number of hydrogen-bond donors (Lipinski definition) is 2. The summed E-state index contributed by atoms with van der Waals surface area (Å²) in [7, 11) is 0. The summed E-state index contributed by atoms with van der Waals surface area (Å²) in [6.45, 7) is 0.995. The number of primary amides is 1. The molecule has 0 aromatic heterocycles. The quantitative estimate of drug-likeness (QED) is 0.599. The molecule has 0 aromatic rings. The van der Waals surface area contributed by atoms with Crippen LogP contribution in [0.5, 0.6) is 0 Å². The second kappa shape index (κ2) is 6.08. The maximum Gasteiger partial charge on any atom is 0.235 e. The first-order valence-electron chi connectivity index (χ1n) is 7.36. The number of likely N-dealkylation sites (tertiary alicyclic amines) is 1. The van der Waals surface area contributed by atoms with E-state index in [4.69, 9.17) is 23.7 Å². The van der Waals surface area contributed by atoms with Crippen molar-refractivity contribution in [2.45, 2.75) is 44.9 Å². The van der Waals surface area contributed by atoms with Gasteiger partial charge in [-0.15, -0.1) is 0 Å². The van der Waals surface area contributed by atoms with E-state index in [1.165, 1.54) is 0 Å². The minimum absolute atomic E-state index is 0.00986. The predicted octanol–water partition coefficient (Wildman–Crippen LogP) is 0.947. The maximum absolute atomic E-state index is 12.9. The number of hydrogen-bond acceptors (Lipinski definition) is 3. The van der Waals surface area contributed by atoms with Gasteiger partial charge >= 0.3 is 0 Å². The molecular weight excluding hydrogens is 274 g/mol. The van der Waals surface area contributed by atoms with Crippen LogP contribution >= 0.6 is 12.2 Å². The van der Waals surface area contributed by atoms with Gasteiger partial charge in [-0.2, -0.15) is 0 Å². The minimum Gasteiger partial charge on any atom is -0.392 e. The molecule has 1 atom stereocenters. The van der Waals surface area contributed by atoms with Gasteiger partial charge in [-0.05, 0) is 19.3 Å². The molecule has 6 heteroatoms. The molecule has 1 saturated heterocycles. The average Bonchev–Trinajstić information content (AvgIpc) is 2.76. The van der Waals surface area contributed by atoms with Crippen molar-refractivity contribution in [2.24, 2.45) is 22.8 Å². The number of carbonyl (C=O) groups excluding carboxylic acids is 2. The lowest BCUT2D eigenvalue weighted by molar-refractivity contribution is -0.138. The lowest BCUT2D eigenvalue weighted by Gasteiger charge is -2.34. The molecule has 2 rings (SSSR count). The van der Waals surface area contributed by atoms with Crippen LogP contribution in [-0.4, -0.2) is 34.8 Å². The van der Waals surface area contributed by atoms with Gasteiger partial charge in [0, 0.05) is 13.1 Å². The Labute approximate surface area is 125 Å². The standard InChI is InChI=1S/C14H23N3O2S/c15-11(18)10-5-8-17(9-10)13(19)14(12(16)20)6-3-1-2-4-7-14/h10H,1-9H2,(H2,15,18)(H2,16,20). The van der Waals surface area contributed by atoms with Gasteiger partial charge in [-0.1, -0.05) is 37.9 Å². The van der Waals surface area contributed by atoms with Crippen molar-refractivity contribution in [1.29, 1.82) is 0 Å². The van der Waals surface area contributed by atoms with E-state index in [2.05, 4.69) is 0 Å². The van der Waals surface area contributed by atoms with Gasteiger partial charge in [0.15, 0.2) is 0 Å². The molecule has 2 fully saturated rings. The van der Waals surface area contributed by atoms with Crippen molar-refractivity contribution in [3.63, 3.8) is 0 Å². The third-order valence-electron chi connectivity index (χ3n) is 4.72. The Morgan fingerprint density at radius 2 is 1.70 bits per heavy atom. The van der Waals surface area contributed by atoms with Crippen LogP contribution in [0.3, 0.4) is 0 Å². The van der Waals surface area contributed by atoms with Crippen LogP contribution < -0.4 is 11.5 Å². The summed E-state index contributed by atoms with van der Waals surface area (Å²) < 4.78 is 0. The van der Waals surface area contributed by atoms with E-state index in [1.54, 1.807) is 4.90 Å². The smallest absolute Gasteiger partial charge is 0.235 e. The van der Waals surface area contributed by atoms with Crippen LogP contribution in [0.4, 0.5) is 0 Å². The van der Waals surface area contributed by atoms with Crippen molar-refractivity contribution in [1.82, 2.24) is 4.90 Å². The molecule has 1 unspecified atom stereocenters. The van der Waals surface area contributed by atoms with Gasteiger partial charge in [0.1, 0.15) is 0 Å². The van der Waals surface area contributed by atoms with Crippen LogP contribution in [0, 0.1) is 11.3 Å². The zero-order chi connectivity index (χ0) is 14.8. The van der Waals surface area contributed by atoms with E-state index in [0.717, 1.165) is 38.5 Å². The SMILES string of the molecule is NC(=O)C1CCN(C(=O)C2(C(N)=S)CCCCCC2)C1. The molecular formula is C14H23N3O2S. The predicted molar refractivity (Wildman–Crippen MR) is 80.8 cm³/mol. The molecule has 20 heavy (non-hydrogen) atoms. The molecule has 0 radical (unpaired) electrons. The van der Waals surface area contributed by atoms with Gasteiger partial charge in [0.05, 0.1) is 16.3 Å². The normalized spacial score (nSPS) is 26.0. The van der Waals surface area contributed by atoms with E-state index >= 15 is 0 Å². The first-order chi connectivity index (χ1) is 9.47. The number of nitrogens with two attached hydrogens (primary N) is 2. The Bertz CT molecular complexity index is 417. The molecule has 1 heterocycles. The third-order valence-corrected chi connectivity index (χ3v) is 5.11. The second-order valence-corrected chi connectivity index (χ2v) is 6.44. The Morgan fingerprint density at radius 3 is 2.15 bits per heavy atom. The fourth-order valence-corrected chi connectivity index (χ4v) is 3.67. The molecule has 2 aliphatic rings. The lowest BCUT2D eigenvalue weighted by Crippen LogP contribution is -2.50. The molecule has 0 aromatic carbocycles. The highest BCUT2D eigenvalue weighted by Crippen LogP contribution is 2.38. The average molecular weight is 297 g/mol. The fraction of sp³-hybridized carbons (Fsp3) is 0.786. The van der Waals surface area contributed by atoms with E-state index in [-0.39, 0.29) is 17.7 Å². The van der Waals surface area contributed by atoms with Crippen LogP contribution in [0.1, 0.15) is 44.9 Å². The highest BCUT2D eigenvalue weighted by Gasteiger charge is 2.45. The number of rotatable bonds is 3. The molecule has 4 N–H and O–H groups in total. The zero-order valence-electron chi connectivity index (χ0n) is 11.8. The van der Waals surface area contributed by atoms with Gasteiger partial charge in [-0.3, -0.25) is 9.59 Å². The van der Waals surface area contributed by atoms with Gasteiger partial charge in [0.2, 0.25) is 11.8 Å². The van der Waals surface area contributed by atoms with E-state index in [9.17, 15) is 9.59 Å². The zero-order valence-corrected chi connectivity index (χ0v) is 12.6. The first-order valence-corrected chi connectivity index (χ1v) is 7.77. The van der Waals surface area contributed by atoms with E-state index in [0.29, 0.717) is 24.5 Å². The van der Waals surface area contributed by atoms with E-state index < -0.39 is 5.41 Å². The molecule has 0 spiro atoms. The highest BCUT2D eigenvalue weighted by molar-refractivity contribution is 7.80. The van der Waals surface area contributed by atoms with E-state index in [1.807, 2.05) is 0 Å². The summed E-state index contributed by atoms with van der Waals surface area (Å²) in [6, 6.07) is 0. The number of amides is 2. The second-order valence-electron chi connectivity index (χ2n) is 6.00. The lowest BCUT2D eigenvalue weighted by atomic mass is 9.79. The molecule has 1 aliphatic heterocycles. The monoisotopic (exact) mass is 297 g/mol. The summed E-state index contributed by atoms with van der Waals surface area (Å²) in [6.07, 6.45) is 6.34. The largest absolute Gasteiger partial charge is 0.392 e. The van der Waals surface area contributed by atoms with Crippen molar-refractivity contribution in [3.05, 3.63) is 0 Å². The van der Waals surface area contributed by atoms with Crippen LogP contribution in [0.25, 0.3) is 0 Å². The summed E-state index contributed by atoms with van der Waals surface area (Å²) in [5.41, 5.74) is 10.6. The summed E-state index contributed by atoms with van der Waals surface area (Å²) in [5, 5.41) is 0. The Balaban J connectivity index is 2.15. The highest BCUT2D eigenvalue weighted by atomic mass is 32.1. The van der Waals surface area contributed by atoms with Crippen molar-refractivity contribution in [3.8, 4) is 0 Å². The van der Waals surface area contributed by atoms with Gasteiger partial charge in [-0.25, -0.2) is 0 Å². The summed E-state index contributed by atoms with van der Waals surface area (Å²) >= 11 is 5.22. The van der Waals surface area contributed by atoms with Crippen LogP contribution in [-0.2, 0) is 9.59 Å². The summed E-state index contributed by atoms with van der Waals surface area (Å²) in [4.78, 5) is 26.2. The molecule has 1 saturated carbocycles. The summed E-state index contributed by atoms with van der Waals surface area (Å²) in [5.74, 6) is -0.547. The number of thiocarbonyl (C=S) groups is 1. The third kappa shape index (κ3) is 2.80. The maximum atomic E-state index is 12.9. The van der Waals surface area contributed by atoms with Crippen molar-refractivity contribution < 1.29 is 9.59 Å². The number of carbonyl (C=O) groups is 2. The van der Waals surface area contributed by atoms with Crippen LogP contribution in [0.15, 0.2) is 0 Å². The molecule has 2 amide bonds. The fourth-order valence-electron chi connectivity index (χ4n) is 3.38.